The molecule has 0 aliphatic carbocycles. The van der Waals surface area contributed by atoms with E-state index in [1.807, 2.05) is 0 Å². The van der Waals surface area contributed by atoms with Gasteiger partial charge < -0.3 is 39.4 Å². The molecular formula is C15H18O10. The highest BCUT2D eigenvalue weighted by Gasteiger charge is 2.48. The predicted octanol–water partition coefficient (Wildman–Crippen LogP) is -1.46. The molecule has 0 spiro atoms. The average molecular weight is 358 g/mol. The molecule has 25 heavy (non-hydrogen) atoms. The first-order chi connectivity index (χ1) is 11.8. The molecular weight excluding hydrogens is 340 g/mol. The number of aliphatic hydroxyl groups excluding tert-OH is 3. The molecule has 1 aliphatic rings. The first-order valence-corrected chi connectivity index (χ1v) is 7.15. The molecule has 1 aromatic carbocycles. The van der Waals surface area contributed by atoms with Crippen molar-refractivity contribution in [3.8, 4) is 11.5 Å². The minimum Gasteiger partial charge on any atom is -0.508 e. The molecule has 0 radical (unpaired) electrons. The molecule has 0 bridgehead atoms. The van der Waals surface area contributed by atoms with Crippen LogP contribution in [0.2, 0.25) is 0 Å². The third-order valence-corrected chi connectivity index (χ3v) is 3.57. The largest absolute Gasteiger partial charge is 0.508 e. The van der Waals surface area contributed by atoms with Crippen LogP contribution in [0.4, 0.5) is 0 Å². The Bertz CT molecular complexity index is 645. The van der Waals surface area contributed by atoms with E-state index in [-0.39, 0.29) is 17.1 Å². The lowest BCUT2D eigenvalue weighted by atomic mass is 9.99. The minimum absolute atomic E-state index is 0.0344. The smallest absolute Gasteiger partial charge is 0.338 e. The van der Waals surface area contributed by atoms with E-state index in [4.69, 9.17) is 9.47 Å². The van der Waals surface area contributed by atoms with Gasteiger partial charge >= 0.3 is 11.9 Å². The summed E-state index contributed by atoms with van der Waals surface area (Å²) < 4.78 is 19.4. The molecule has 0 saturated carbocycles. The quantitative estimate of drug-likeness (QED) is 0.470. The topological polar surface area (TPSA) is 152 Å². The minimum atomic E-state index is -1.75. The number of hydrogen-bond donors (Lipinski definition) is 4. The summed E-state index contributed by atoms with van der Waals surface area (Å²) in [5, 5.41) is 39.3. The number of methoxy groups -OCH3 is 2. The number of benzene rings is 1. The van der Waals surface area contributed by atoms with E-state index in [9.17, 15) is 30.0 Å². The number of carbonyl (C=O) groups is 2. The molecule has 1 aliphatic heterocycles. The number of aromatic hydroxyl groups is 1. The zero-order chi connectivity index (χ0) is 18.7. The third-order valence-electron chi connectivity index (χ3n) is 3.57. The van der Waals surface area contributed by atoms with Crippen LogP contribution in [0, 0.1) is 0 Å². The monoisotopic (exact) mass is 358 g/mol. The lowest BCUT2D eigenvalue weighted by Gasteiger charge is -2.38. The molecule has 1 heterocycles. The van der Waals surface area contributed by atoms with Gasteiger partial charge in [-0.1, -0.05) is 0 Å². The Hall–Kier alpha value is -2.40. The Morgan fingerprint density at radius 2 is 1.68 bits per heavy atom. The number of aliphatic hydroxyl groups is 3. The van der Waals surface area contributed by atoms with Gasteiger partial charge in [0.05, 0.1) is 19.8 Å². The van der Waals surface area contributed by atoms with Crippen LogP contribution in [0.1, 0.15) is 10.4 Å². The van der Waals surface area contributed by atoms with Crippen molar-refractivity contribution in [1.82, 2.24) is 0 Å². The van der Waals surface area contributed by atoms with Crippen LogP contribution in [-0.4, -0.2) is 77.3 Å². The number of esters is 2. The molecule has 10 heteroatoms. The van der Waals surface area contributed by atoms with Crippen molar-refractivity contribution >= 4 is 11.9 Å². The average Bonchev–Trinajstić information content (AvgIpc) is 2.60. The first kappa shape index (κ1) is 18.9. The van der Waals surface area contributed by atoms with Crippen molar-refractivity contribution in [2.24, 2.45) is 0 Å². The van der Waals surface area contributed by atoms with Crippen molar-refractivity contribution in [2.45, 2.75) is 30.7 Å². The zero-order valence-corrected chi connectivity index (χ0v) is 13.4. The molecule has 0 aromatic heterocycles. The Kier molecular flexibility index (Phi) is 5.80. The van der Waals surface area contributed by atoms with Crippen molar-refractivity contribution in [2.75, 3.05) is 14.2 Å². The van der Waals surface area contributed by atoms with Gasteiger partial charge in [-0.05, 0) is 12.1 Å². The van der Waals surface area contributed by atoms with Crippen LogP contribution < -0.4 is 4.74 Å². The summed E-state index contributed by atoms with van der Waals surface area (Å²) in [6.07, 6.45) is -8.35. The lowest BCUT2D eigenvalue weighted by Crippen LogP contribution is -2.61. The van der Waals surface area contributed by atoms with Gasteiger partial charge in [-0.25, -0.2) is 9.59 Å². The molecule has 138 valence electrons. The summed E-state index contributed by atoms with van der Waals surface area (Å²) in [5.74, 6) is -2.14. The molecule has 1 saturated heterocycles. The zero-order valence-electron chi connectivity index (χ0n) is 13.4. The second-order valence-electron chi connectivity index (χ2n) is 5.25. The highest BCUT2D eigenvalue weighted by Crippen LogP contribution is 2.28. The van der Waals surface area contributed by atoms with Gasteiger partial charge in [0, 0.05) is 6.07 Å². The fourth-order valence-corrected chi connectivity index (χ4v) is 2.28. The summed E-state index contributed by atoms with van der Waals surface area (Å²) in [6, 6.07) is 3.45. The van der Waals surface area contributed by atoms with E-state index in [1.165, 1.54) is 6.07 Å². The van der Waals surface area contributed by atoms with Crippen molar-refractivity contribution in [3.63, 3.8) is 0 Å². The molecule has 1 fully saturated rings. The summed E-state index contributed by atoms with van der Waals surface area (Å²) in [5.41, 5.74) is -0.0344. The maximum Gasteiger partial charge on any atom is 0.338 e. The fourth-order valence-electron chi connectivity index (χ4n) is 2.28. The number of carbonyl (C=O) groups excluding carboxylic acids is 2. The van der Waals surface area contributed by atoms with Crippen LogP contribution >= 0.6 is 0 Å². The van der Waals surface area contributed by atoms with Crippen LogP contribution in [0.3, 0.4) is 0 Å². The van der Waals surface area contributed by atoms with Crippen LogP contribution in [-0.2, 0) is 19.0 Å². The van der Waals surface area contributed by atoms with Gasteiger partial charge in [0.25, 0.3) is 0 Å². The molecule has 10 nitrogen and oxygen atoms in total. The number of phenols is 1. The second-order valence-corrected chi connectivity index (χ2v) is 5.25. The number of hydrogen-bond acceptors (Lipinski definition) is 10. The first-order valence-electron chi connectivity index (χ1n) is 7.15. The highest BCUT2D eigenvalue weighted by atomic mass is 16.7. The van der Waals surface area contributed by atoms with E-state index in [0.717, 1.165) is 26.4 Å². The van der Waals surface area contributed by atoms with E-state index in [2.05, 4.69) is 9.47 Å². The second kappa shape index (κ2) is 7.66. The molecule has 1 aromatic rings. The van der Waals surface area contributed by atoms with Gasteiger partial charge in [-0.3, -0.25) is 0 Å². The van der Waals surface area contributed by atoms with Crippen LogP contribution in [0.5, 0.6) is 11.5 Å². The SMILES string of the molecule is COC(=O)c1cc(O)cc(O[C@@H]2OC(C(=O)OC)[C@H](O)C(O)C2O)c1. The Balaban J connectivity index is 2.24. The van der Waals surface area contributed by atoms with Gasteiger partial charge in [0.2, 0.25) is 6.29 Å². The highest BCUT2D eigenvalue weighted by molar-refractivity contribution is 5.90. The summed E-state index contributed by atoms with van der Waals surface area (Å²) in [4.78, 5) is 23.2. The maximum absolute atomic E-state index is 11.6. The number of phenolic OH excluding ortho intramolecular Hbond substituents is 1. The number of rotatable bonds is 4. The third kappa shape index (κ3) is 3.99. The summed E-state index contributed by atoms with van der Waals surface area (Å²) in [7, 11) is 2.21. The van der Waals surface area contributed by atoms with Crippen molar-refractivity contribution in [3.05, 3.63) is 23.8 Å². The summed E-state index contributed by atoms with van der Waals surface area (Å²) >= 11 is 0. The van der Waals surface area contributed by atoms with Crippen molar-refractivity contribution in [1.29, 1.82) is 0 Å². The predicted molar refractivity (Wildman–Crippen MR) is 78.8 cm³/mol. The van der Waals surface area contributed by atoms with E-state index in [1.54, 1.807) is 0 Å². The van der Waals surface area contributed by atoms with Gasteiger partial charge in [0.1, 0.15) is 29.8 Å². The van der Waals surface area contributed by atoms with Gasteiger partial charge in [-0.2, -0.15) is 0 Å². The molecule has 0 amide bonds. The van der Waals surface area contributed by atoms with Gasteiger partial charge in [-0.15, -0.1) is 0 Å². The molecule has 5 atom stereocenters. The fraction of sp³-hybridized carbons (Fsp3) is 0.467. The molecule has 3 unspecified atom stereocenters. The Morgan fingerprint density at radius 3 is 2.28 bits per heavy atom. The maximum atomic E-state index is 11.6. The lowest BCUT2D eigenvalue weighted by molar-refractivity contribution is -0.271. The normalized spacial score (nSPS) is 28.9. The molecule has 4 N–H and O–H groups in total. The van der Waals surface area contributed by atoms with E-state index in [0.29, 0.717) is 0 Å². The van der Waals surface area contributed by atoms with Crippen LogP contribution in [0.15, 0.2) is 18.2 Å². The van der Waals surface area contributed by atoms with Crippen LogP contribution in [0.25, 0.3) is 0 Å². The Morgan fingerprint density at radius 1 is 1.00 bits per heavy atom. The molecule has 2 rings (SSSR count). The van der Waals surface area contributed by atoms with Gasteiger partial charge in [0.15, 0.2) is 6.10 Å². The van der Waals surface area contributed by atoms with Crippen molar-refractivity contribution < 1.29 is 49.0 Å². The number of ether oxygens (including phenoxy) is 4. The van der Waals surface area contributed by atoms with E-state index < -0.39 is 42.6 Å². The Labute approximate surface area is 142 Å². The standard InChI is InChI=1S/C15H18O10/c1-22-13(20)6-3-7(16)5-8(4-6)24-15-11(19)9(17)10(18)12(25-15)14(21)23-2/h3-5,9-12,15-19H,1-2H3/t9?,10-,11?,12?,15-/m1/s1. The summed E-state index contributed by atoms with van der Waals surface area (Å²) in [6.45, 7) is 0. The van der Waals surface area contributed by atoms with E-state index >= 15 is 0 Å².